The van der Waals surface area contributed by atoms with Gasteiger partial charge in [-0.25, -0.2) is 19.9 Å². The molecule has 8 nitrogen and oxygen atoms in total. The predicted molar refractivity (Wildman–Crippen MR) is 181 cm³/mol. The zero-order chi connectivity index (χ0) is 31.1. The quantitative estimate of drug-likeness (QED) is 0.159. The highest BCUT2D eigenvalue weighted by Gasteiger charge is 2.07. The maximum Gasteiger partial charge on any atom is 0.128 e. The van der Waals surface area contributed by atoms with E-state index in [4.69, 9.17) is 19.9 Å². The van der Waals surface area contributed by atoms with Crippen molar-refractivity contribution in [2.45, 2.75) is 41.5 Å². The molecule has 5 aromatic rings. The zero-order valence-electron chi connectivity index (χ0n) is 25.9. The van der Waals surface area contributed by atoms with E-state index in [0.717, 1.165) is 34.0 Å². The predicted octanol–water partition coefficient (Wildman–Crippen LogP) is 9.53. The smallest absolute Gasteiger partial charge is 0.128 e. The SMILES string of the molecule is Cc1ccc(N=Nc2c(C)nc3ccccc3nc(C)c(NNc3ccc(C)cc3)c(C)nc3ccccc3nc2C)cc1. The summed E-state index contributed by atoms with van der Waals surface area (Å²) in [5.41, 5.74) is 17.7. The van der Waals surface area contributed by atoms with Crippen LogP contribution in [0.2, 0.25) is 0 Å². The monoisotopic (exact) mass is 580 g/mol. The molecule has 1 heterocycles. The van der Waals surface area contributed by atoms with E-state index in [9.17, 15) is 0 Å². The number of anilines is 2. The minimum Gasteiger partial charge on any atom is -0.301 e. The average Bonchev–Trinajstić information content (AvgIpc) is 3.01. The highest BCUT2D eigenvalue weighted by Crippen LogP contribution is 2.24. The molecule has 0 aliphatic heterocycles. The molecule has 0 fully saturated rings. The van der Waals surface area contributed by atoms with Crippen molar-refractivity contribution in [1.29, 1.82) is 0 Å². The Balaban J connectivity index is 1.79. The summed E-state index contributed by atoms with van der Waals surface area (Å²) in [5.74, 6) is 0. The highest BCUT2D eigenvalue weighted by atomic mass is 15.4. The molecule has 0 spiro atoms. The van der Waals surface area contributed by atoms with Crippen molar-refractivity contribution in [1.82, 2.24) is 19.9 Å². The molecule has 8 heteroatoms. The third kappa shape index (κ3) is 7.46. The third-order valence-corrected chi connectivity index (χ3v) is 7.01. The van der Waals surface area contributed by atoms with Crippen LogP contribution in [0.4, 0.5) is 22.7 Å². The summed E-state index contributed by atoms with van der Waals surface area (Å²) in [6.45, 7) is 11.9. The first-order valence-electron chi connectivity index (χ1n) is 14.5. The van der Waals surface area contributed by atoms with Gasteiger partial charge in [-0.1, -0.05) is 59.7 Å². The number of nitrogens with zero attached hydrogens (tertiary/aromatic N) is 6. The standard InChI is InChI=1S/C36H36N8/c1-23-15-19-29(20-16-23)41-43-35-25(3)37-31-11-7-9-13-33(31)39-27(5)36(44-42-30-21-17-24(2)18-22-30)28(6)40-34-14-10-8-12-32(34)38-26(35)4/h7-22,41,43H,1-6H3. The van der Waals surface area contributed by atoms with Crippen LogP contribution < -0.4 is 10.9 Å². The summed E-state index contributed by atoms with van der Waals surface area (Å²) in [4.78, 5) is 20.0. The van der Waals surface area contributed by atoms with Gasteiger partial charge in [0.05, 0.1) is 61.9 Å². The number of hydrogen-bond donors (Lipinski definition) is 2. The van der Waals surface area contributed by atoms with Gasteiger partial charge in [0.15, 0.2) is 0 Å². The van der Waals surface area contributed by atoms with E-state index in [1.165, 1.54) is 5.56 Å². The molecule has 44 heavy (non-hydrogen) atoms. The van der Waals surface area contributed by atoms with Crippen LogP contribution in [-0.4, -0.2) is 19.9 Å². The van der Waals surface area contributed by atoms with E-state index in [1.807, 2.05) is 120 Å². The molecular formula is C36H36N8. The molecule has 5 rings (SSSR count). The number of azo groups is 1. The molecule has 0 aliphatic rings. The number of aromatic nitrogens is 4. The first-order chi connectivity index (χ1) is 21.3. The molecule has 1 aromatic heterocycles. The molecule has 0 saturated heterocycles. The number of benzene rings is 4. The molecule has 0 unspecified atom stereocenters. The van der Waals surface area contributed by atoms with Crippen LogP contribution in [0.25, 0.3) is 22.1 Å². The van der Waals surface area contributed by atoms with Gasteiger partial charge in [0.2, 0.25) is 0 Å². The topological polar surface area (TPSA) is 100 Å². The van der Waals surface area contributed by atoms with Crippen molar-refractivity contribution in [3.8, 4) is 0 Å². The van der Waals surface area contributed by atoms with E-state index in [-0.39, 0.29) is 0 Å². The number of hydrazine groups is 1. The lowest BCUT2D eigenvalue weighted by atomic mass is 10.2. The fourth-order valence-corrected chi connectivity index (χ4v) is 4.59. The Bertz CT molecular complexity index is 1870. The van der Waals surface area contributed by atoms with Crippen LogP contribution in [-0.2, 0) is 0 Å². The molecule has 2 N–H and O–H groups in total. The van der Waals surface area contributed by atoms with Gasteiger partial charge in [-0.05, 0) is 90.1 Å². The van der Waals surface area contributed by atoms with Crippen molar-refractivity contribution < 1.29 is 0 Å². The van der Waals surface area contributed by atoms with Crippen molar-refractivity contribution >= 4 is 44.8 Å². The van der Waals surface area contributed by atoms with Crippen molar-refractivity contribution in [2.75, 3.05) is 10.9 Å². The lowest BCUT2D eigenvalue weighted by Gasteiger charge is -2.12. The molecule has 0 amide bonds. The maximum atomic E-state index is 5.02. The number of fused-ring (bicyclic) bond motifs is 2. The molecule has 0 saturated carbocycles. The van der Waals surface area contributed by atoms with Gasteiger partial charge in [0.1, 0.15) is 5.69 Å². The number of rotatable bonds is 5. The van der Waals surface area contributed by atoms with Gasteiger partial charge in [0, 0.05) is 0 Å². The fraction of sp³-hybridized carbons (Fsp3) is 0.167. The first kappa shape index (κ1) is 30.0. The van der Waals surface area contributed by atoms with Gasteiger partial charge in [-0.2, -0.15) is 5.11 Å². The van der Waals surface area contributed by atoms with Crippen LogP contribution in [0.1, 0.15) is 33.9 Å². The summed E-state index contributed by atoms with van der Waals surface area (Å²) in [5, 5.41) is 9.17. The Morgan fingerprint density at radius 2 is 0.841 bits per heavy atom. The summed E-state index contributed by atoms with van der Waals surface area (Å²) in [6, 6.07) is 31.6. The molecule has 0 aliphatic carbocycles. The summed E-state index contributed by atoms with van der Waals surface area (Å²) in [7, 11) is 0. The molecule has 4 aromatic carbocycles. The number of para-hydroxylation sites is 4. The lowest BCUT2D eigenvalue weighted by molar-refractivity contribution is 1.11. The van der Waals surface area contributed by atoms with E-state index in [0.29, 0.717) is 39.1 Å². The normalized spacial score (nSPS) is 10.9. The molecule has 0 radical (unpaired) electrons. The maximum absolute atomic E-state index is 5.02. The van der Waals surface area contributed by atoms with E-state index < -0.39 is 0 Å². The van der Waals surface area contributed by atoms with Gasteiger partial charge in [0.25, 0.3) is 0 Å². The Labute approximate surface area is 258 Å². The first-order valence-corrected chi connectivity index (χ1v) is 14.5. The molecular weight excluding hydrogens is 544 g/mol. The lowest BCUT2D eigenvalue weighted by Crippen LogP contribution is -2.11. The number of nitrogens with one attached hydrogen (secondary N) is 2. The van der Waals surface area contributed by atoms with Crippen molar-refractivity contribution in [3.63, 3.8) is 0 Å². The Morgan fingerprint density at radius 1 is 0.432 bits per heavy atom. The molecule has 0 bridgehead atoms. The number of hydrogen-bond acceptors (Lipinski definition) is 8. The Kier molecular flexibility index (Phi) is 9.30. The average molecular weight is 581 g/mol. The van der Waals surface area contributed by atoms with Crippen LogP contribution in [0.5, 0.6) is 0 Å². The minimum atomic E-state index is 0.574. The van der Waals surface area contributed by atoms with Gasteiger partial charge in [-0.3, -0.25) is 5.43 Å². The van der Waals surface area contributed by atoms with Crippen molar-refractivity contribution in [3.05, 3.63) is 131 Å². The third-order valence-electron chi connectivity index (χ3n) is 7.01. The highest BCUT2D eigenvalue weighted by molar-refractivity contribution is 5.76. The van der Waals surface area contributed by atoms with E-state index in [1.54, 1.807) is 0 Å². The minimum absolute atomic E-state index is 0.574. The largest absolute Gasteiger partial charge is 0.301 e. The van der Waals surface area contributed by atoms with Crippen LogP contribution in [0.15, 0.2) is 107 Å². The van der Waals surface area contributed by atoms with E-state index >= 15 is 0 Å². The second-order valence-electron chi connectivity index (χ2n) is 10.6. The Morgan fingerprint density at radius 3 is 1.30 bits per heavy atom. The van der Waals surface area contributed by atoms with Gasteiger partial charge >= 0.3 is 0 Å². The molecule has 220 valence electrons. The van der Waals surface area contributed by atoms with Crippen LogP contribution >= 0.6 is 0 Å². The fourth-order valence-electron chi connectivity index (χ4n) is 4.59. The summed E-state index contributed by atoms with van der Waals surface area (Å²) >= 11 is 0. The number of aryl methyl sites for hydroxylation is 6. The summed E-state index contributed by atoms with van der Waals surface area (Å²) < 4.78 is 0. The van der Waals surface area contributed by atoms with Crippen LogP contribution in [0, 0.1) is 41.5 Å². The van der Waals surface area contributed by atoms with Gasteiger partial charge < -0.3 is 5.43 Å². The van der Waals surface area contributed by atoms with Crippen molar-refractivity contribution in [2.24, 2.45) is 10.2 Å². The second kappa shape index (κ2) is 13.6. The summed E-state index contributed by atoms with van der Waals surface area (Å²) in [6.07, 6.45) is 0. The zero-order valence-corrected chi connectivity index (χ0v) is 25.9. The second-order valence-corrected chi connectivity index (χ2v) is 10.6. The van der Waals surface area contributed by atoms with Crippen LogP contribution in [0.3, 0.4) is 0 Å². The Hall–Kier alpha value is -5.50. The van der Waals surface area contributed by atoms with E-state index in [2.05, 4.69) is 40.1 Å². The van der Waals surface area contributed by atoms with Gasteiger partial charge in [-0.15, -0.1) is 5.11 Å². The molecule has 0 atom stereocenters.